The van der Waals surface area contributed by atoms with Crippen molar-refractivity contribution in [1.29, 1.82) is 0 Å². The van der Waals surface area contributed by atoms with Gasteiger partial charge in [0.25, 0.3) is 0 Å². The molecule has 102 valence electrons. The van der Waals surface area contributed by atoms with E-state index in [4.69, 9.17) is 0 Å². The number of nitrogens with zero attached hydrogens (tertiary/aromatic N) is 5. The second-order valence-electron chi connectivity index (χ2n) is 4.69. The smallest absolute Gasteiger partial charge is 0.148 e. The molecule has 3 rings (SSSR count). The summed E-state index contributed by atoms with van der Waals surface area (Å²) in [6.45, 7) is 2.82. The molecule has 0 aliphatic heterocycles. The largest absolute Gasteiger partial charge is 0.365 e. The van der Waals surface area contributed by atoms with Crippen LogP contribution in [0.5, 0.6) is 0 Å². The number of hydrogen-bond donors (Lipinski definition) is 1. The van der Waals surface area contributed by atoms with Gasteiger partial charge in [0.2, 0.25) is 0 Å². The van der Waals surface area contributed by atoms with Crippen molar-refractivity contribution >= 4 is 5.82 Å². The average Bonchev–Trinajstić information content (AvgIpc) is 3.08. The number of aromatic nitrogens is 5. The Bertz CT molecular complexity index is 698. The zero-order valence-electron chi connectivity index (χ0n) is 11.5. The van der Waals surface area contributed by atoms with E-state index in [2.05, 4.69) is 45.6 Å². The minimum absolute atomic E-state index is 0.746. The lowest BCUT2D eigenvalue weighted by Crippen LogP contribution is -2.03. The van der Waals surface area contributed by atoms with Crippen LogP contribution in [0.1, 0.15) is 11.1 Å². The molecule has 0 amide bonds. The summed E-state index contributed by atoms with van der Waals surface area (Å²) in [5.41, 5.74) is 3.41. The van der Waals surface area contributed by atoms with Crippen LogP contribution in [0.25, 0.3) is 5.69 Å². The van der Waals surface area contributed by atoms with Crippen LogP contribution in [0, 0.1) is 6.92 Å². The van der Waals surface area contributed by atoms with Crippen LogP contribution in [-0.2, 0) is 13.6 Å². The highest BCUT2D eigenvalue weighted by Gasteiger charge is 2.03. The molecular formula is C14H16N6. The highest BCUT2D eigenvalue weighted by atomic mass is 15.3. The van der Waals surface area contributed by atoms with Crippen LogP contribution >= 0.6 is 0 Å². The molecule has 0 atom stereocenters. The molecule has 2 heterocycles. The van der Waals surface area contributed by atoms with Crippen molar-refractivity contribution in [3.05, 3.63) is 54.2 Å². The molecule has 0 radical (unpaired) electrons. The lowest BCUT2D eigenvalue weighted by atomic mass is 10.1. The van der Waals surface area contributed by atoms with Crippen molar-refractivity contribution in [2.24, 2.45) is 7.05 Å². The third-order valence-electron chi connectivity index (χ3n) is 3.11. The predicted octanol–water partition coefficient (Wildman–Crippen LogP) is 1.92. The van der Waals surface area contributed by atoms with Crippen LogP contribution in [0.15, 0.2) is 43.1 Å². The van der Waals surface area contributed by atoms with Gasteiger partial charge in [-0.3, -0.25) is 4.68 Å². The van der Waals surface area contributed by atoms with Crippen molar-refractivity contribution in [3.8, 4) is 5.69 Å². The van der Waals surface area contributed by atoms with E-state index in [9.17, 15) is 0 Å². The molecule has 0 aliphatic carbocycles. The van der Waals surface area contributed by atoms with Crippen molar-refractivity contribution in [2.45, 2.75) is 13.5 Å². The molecule has 1 N–H and O–H groups in total. The Balaban J connectivity index is 1.74. The van der Waals surface area contributed by atoms with Crippen LogP contribution in [0.4, 0.5) is 5.82 Å². The Morgan fingerprint density at radius 1 is 1.25 bits per heavy atom. The normalized spacial score (nSPS) is 10.7. The van der Waals surface area contributed by atoms with Gasteiger partial charge in [-0.25, -0.2) is 9.67 Å². The minimum atomic E-state index is 0.746. The Morgan fingerprint density at radius 2 is 2.15 bits per heavy atom. The molecule has 0 fully saturated rings. The summed E-state index contributed by atoms with van der Waals surface area (Å²) in [5.74, 6) is 0.880. The standard InChI is InChI=1S/C14H16N6/c1-11-7-12(8-16-14-5-6-19(2)18-14)3-4-13(11)20-10-15-9-17-20/h3-7,9-10H,8H2,1-2H3,(H,16,18). The monoisotopic (exact) mass is 268 g/mol. The number of rotatable bonds is 4. The van der Waals surface area contributed by atoms with Crippen molar-refractivity contribution in [1.82, 2.24) is 24.5 Å². The molecule has 0 bridgehead atoms. The highest BCUT2D eigenvalue weighted by molar-refractivity contribution is 5.43. The van der Waals surface area contributed by atoms with Crippen LogP contribution in [-0.4, -0.2) is 24.5 Å². The van der Waals surface area contributed by atoms with Gasteiger partial charge in [-0.15, -0.1) is 0 Å². The Morgan fingerprint density at radius 3 is 2.80 bits per heavy atom. The van der Waals surface area contributed by atoms with E-state index in [1.54, 1.807) is 15.7 Å². The maximum absolute atomic E-state index is 4.29. The highest BCUT2D eigenvalue weighted by Crippen LogP contribution is 2.15. The van der Waals surface area contributed by atoms with Crippen LogP contribution in [0.3, 0.4) is 0 Å². The molecular weight excluding hydrogens is 252 g/mol. The summed E-state index contributed by atoms with van der Waals surface area (Å²) >= 11 is 0. The minimum Gasteiger partial charge on any atom is -0.365 e. The fraction of sp³-hybridized carbons (Fsp3) is 0.214. The van der Waals surface area contributed by atoms with E-state index >= 15 is 0 Å². The maximum atomic E-state index is 4.29. The van der Waals surface area contributed by atoms with Gasteiger partial charge < -0.3 is 5.32 Å². The van der Waals surface area contributed by atoms with Crippen LogP contribution in [0.2, 0.25) is 0 Å². The quantitative estimate of drug-likeness (QED) is 0.785. The number of anilines is 1. The number of hydrogen-bond acceptors (Lipinski definition) is 4. The Kier molecular flexibility index (Phi) is 3.20. The molecule has 2 aromatic heterocycles. The fourth-order valence-corrected chi connectivity index (χ4v) is 2.12. The summed E-state index contributed by atoms with van der Waals surface area (Å²) in [6.07, 6.45) is 5.16. The Labute approximate surface area is 117 Å². The van der Waals surface area contributed by atoms with E-state index in [-0.39, 0.29) is 0 Å². The summed E-state index contributed by atoms with van der Waals surface area (Å²) in [5, 5.41) is 11.7. The molecule has 6 heteroatoms. The summed E-state index contributed by atoms with van der Waals surface area (Å²) in [7, 11) is 1.91. The second kappa shape index (κ2) is 5.16. The van der Waals surface area contributed by atoms with Gasteiger partial charge in [0, 0.05) is 25.9 Å². The van der Waals surface area contributed by atoms with Gasteiger partial charge >= 0.3 is 0 Å². The zero-order chi connectivity index (χ0) is 13.9. The molecule has 0 spiro atoms. The van der Waals surface area contributed by atoms with Gasteiger partial charge in [-0.05, 0) is 24.1 Å². The third kappa shape index (κ3) is 2.54. The van der Waals surface area contributed by atoms with Crippen molar-refractivity contribution < 1.29 is 0 Å². The van der Waals surface area contributed by atoms with Crippen LogP contribution < -0.4 is 5.32 Å². The van der Waals surface area contributed by atoms with Gasteiger partial charge in [0.1, 0.15) is 18.5 Å². The first-order valence-corrected chi connectivity index (χ1v) is 6.40. The van der Waals surface area contributed by atoms with Crippen molar-refractivity contribution in [2.75, 3.05) is 5.32 Å². The maximum Gasteiger partial charge on any atom is 0.148 e. The molecule has 1 aromatic carbocycles. The van der Waals surface area contributed by atoms with Gasteiger partial charge in [0.15, 0.2) is 0 Å². The first-order valence-electron chi connectivity index (χ1n) is 6.40. The summed E-state index contributed by atoms with van der Waals surface area (Å²) in [6, 6.07) is 8.24. The van der Waals surface area contributed by atoms with E-state index in [1.165, 1.54) is 11.9 Å². The third-order valence-corrected chi connectivity index (χ3v) is 3.11. The molecule has 6 nitrogen and oxygen atoms in total. The van der Waals surface area contributed by atoms with Gasteiger partial charge in [-0.2, -0.15) is 10.2 Å². The van der Waals surface area contributed by atoms with Crippen molar-refractivity contribution in [3.63, 3.8) is 0 Å². The molecule has 0 saturated heterocycles. The fourth-order valence-electron chi connectivity index (χ4n) is 2.12. The van der Waals surface area contributed by atoms with Gasteiger partial charge in [-0.1, -0.05) is 12.1 Å². The summed E-state index contributed by atoms with van der Waals surface area (Å²) < 4.78 is 3.55. The molecule has 0 unspecified atom stereocenters. The average molecular weight is 268 g/mol. The van der Waals surface area contributed by atoms with E-state index in [0.717, 1.165) is 23.6 Å². The predicted molar refractivity (Wildman–Crippen MR) is 76.6 cm³/mol. The number of benzene rings is 1. The van der Waals surface area contributed by atoms with E-state index in [0.29, 0.717) is 0 Å². The topological polar surface area (TPSA) is 60.6 Å². The molecule has 0 saturated carbocycles. The summed E-state index contributed by atoms with van der Waals surface area (Å²) in [4.78, 5) is 3.97. The van der Waals surface area contributed by atoms with E-state index in [1.807, 2.05) is 19.3 Å². The molecule has 20 heavy (non-hydrogen) atoms. The first-order chi connectivity index (χ1) is 9.72. The first kappa shape index (κ1) is 12.4. The van der Waals surface area contributed by atoms with Gasteiger partial charge in [0.05, 0.1) is 5.69 Å². The lowest BCUT2D eigenvalue weighted by molar-refractivity contribution is 0.768. The molecule has 0 aliphatic rings. The van der Waals surface area contributed by atoms with E-state index < -0.39 is 0 Å². The zero-order valence-corrected chi connectivity index (χ0v) is 11.5. The number of nitrogens with one attached hydrogen (secondary N) is 1. The number of aryl methyl sites for hydroxylation is 2. The SMILES string of the molecule is Cc1cc(CNc2ccn(C)n2)ccc1-n1cncn1. The molecule has 3 aromatic rings. The second-order valence-corrected chi connectivity index (χ2v) is 4.69. The lowest BCUT2D eigenvalue weighted by Gasteiger charge is -2.08. The Hall–Kier alpha value is -2.63.